The SMILES string of the molecule is O=Cc1ccc(Cl)c(-c2ccc(Cl)c(F)c2)c1. The van der Waals surface area contributed by atoms with Crippen LogP contribution >= 0.6 is 23.2 Å². The van der Waals surface area contributed by atoms with Crippen LogP contribution in [0.2, 0.25) is 10.0 Å². The average Bonchev–Trinajstić information content (AvgIpc) is 2.33. The fraction of sp³-hybridized carbons (Fsp3) is 0. The van der Waals surface area contributed by atoms with Gasteiger partial charge >= 0.3 is 0 Å². The summed E-state index contributed by atoms with van der Waals surface area (Å²) < 4.78 is 13.3. The third kappa shape index (κ3) is 2.48. The summed E-state index contributed by atoms with van der Waals surface area (Å²) in [5, 5.41) is 0.508. The zero-order valence-corrected chi connectivity index (χ0v) is 10.1. The van der Waals surface area contributed by atoms with Gasteiger partial charge in [-0.05, 0) is 29.8 Å². The maximum atomic E-state index is 13.3. The lowest BCUT2D eigenvalue weighted by Gasteiger charge is -2.06. The van der Waals surface area contributed by atoms with Gasteiger partial charge in [-0.15, -0.1) is 0 Å². The van der Waals surface area contributed by atoms with Crippen molar-refractivity contribution in [3.05, 3.63) is 57.8 Å². The van der Waals surface area contributed by atoms with Crippen LogP contribution in [0.4, 0.5) is 4.39 Å². The van der Waals surface area contributed by atoms with Crippen LogP contribution in [-0.2, 0) is 0 Å². The fourth-order valence-electron chi connectivity index (χ4n) is 1.50. The van der Waals surface area contributed by atoms with Gasteiger partial charge in [0.15, 0.2) is 0 Å². The van der Waals surface area contributed by atoms with Crippen molar-refractivity contribution < 1.29 is 9.18 Å². The van der Waals surface area contributed by atoms with Crippen LogP contribution in [0.25, 0.3) is 11.1 Å². The average molecular weight is 269 g/mol. The van der Waals surface area contributed by atoms with Crippen LogP contribution in [0, 0.1) is 5.82 Å². The first-order valence-electron chi connectivity index (χ1n) is 4.82. The van der Waals surface area contributed by atoms with Crippen molar-refractivity contribution >= 4 is 29.5 Å². The molecule has 1 nitrogen and oxygen atoms in total. The second kappa shape index (κ2) is 4.86. The Kier molecular flexibility index (Phi) is 3.46. The Morgan fingerprint density at radius 3 is 2.35 bits per heavy atom. The second-order valence-electron chi connectivity index (χ2n) is 3.49. The predicted molar refractivity (Wildman–Crippen MR) is 67.2 cm³/mol. The van der Waals surface area contributed by atoms with E-state index >= 15 is 0 Å². The molecule has 2 aromatic rings. The summed E-state index contributed by atoms with van der Waals surface area (Å²) in [6.07, 6.45) is 0.714. The number of carbonyl (C=O) groups excluding carboxylic acids is 1. The topological polar surface area (TPSA) is 17.1 Å². The number of hydrogen-bond acceptors (Lipinski definition) is 1. The molecule has 2 rings (SSSR count). The van der Waals surface area contributed by atoms with Crippen molar-refractivity contribution in [3.63, 3.8) is 0 Å². The van der Waals surface area contributed by atoms with Crippen molar-refractivity contribution in [2.45, 2.75) is 0 Å². The monoisotopic (exact) mass is 268 g/mol. The van der Waals surface area contributed by atoms with Crippen molar-refractivity contribution in [3.8, 4) is 11.1 Å². The van der Waals surface area contributed by atoms with E-state index in [9.17, 15) is 9.18 Å². The molecular weight excluding hydrogens is 262 g/mol. The minimum Gasteiger partial charge on any atom is -0.298 e. The van der Waals surface area contributed by atoms with E-state index in [1.165, 1.54) is 12.1 Å². The molecule has 0 fully saturated rings. The number of aldehydes is 1. The number of halogens is 3. The van der Waals surface area contributed by atoms with Crippen LogP contribution in [0.3, 0.4) is 0 Å². The molecule has 0 N–H and O–H groups in total. The lowest BCUT2D eigenvalue weighted by Crippen LogP contribution is -1.86. The van der Waals surface area contributed by atoms with E-state index in [1.54, 1.807) is 24.3 Å². The van der Waals surface area contributed by atoms with Crippen molar-refractivity contribution in [1.29, 1.82) is 0 Å². The molecule has 0 aromatic heterocycles. The molecule has 0 radical (unpaired) electrons. The third-order valence-corrected chi connectivity index (χ3v) is 2.99. The largest absolute Gasteiger partial charge is 0.298 e. The highest BCUT2D eigenvalue weighted by atomic mass is 35.5. The first kappa shape index (κ1) is 12.1. The number of benzene rings is 2. The highest BCUT2D eigenvalue weighted by Gasteiger charge is 2.07. The number of hydrogen-bond donors (Lipinski definition) is 0. The Bertz CT molecular complexity index is 582. The third-order valence-electron chi connectivity index (χ3n) is 2.36. The Balaban J connectivity index is 2.58. The van der Waals surface area contributed by atoms with E-state index in [-0.39, 0.29) is 5.02 Å². The maximum absolute atomic E-state index is 13.3. The summed E-state index contributed by atoms with van der Waals surface area (Å²) in [7, 11) is 0. The second-order valence-corrected chi connectivity index (χ2v) is 4.30. The van der Waals surface area contributed by atoms with E-state index < -0.39 is 5.82 Å². The minimum atomic E-state index is -0.517. The standard InChI is InChI=1S/C13H7Cl2FO/c14-11-3-1-8(7-17)5-10(11)9-2-4-12(15)13(16)6-9/h1-7H. The summed E-state index contributed by atoms with van der Waals surface area (Å²) in [5.74, 6) is -0.517. The van der Waals surface area contributed by atoms with Crippen LogP contribution in [-0.4, -0.2) is 6.29 Å². The number of rotatable bonds is 2. The van der Waals surface area contributed by atoms with E-state index in [1.807, 2.05) is 0 Å². The zero-order chi connectivity index (χ0) is 12.4. The van der Waals surface area contributed by atoms with E-state index in [4.69, 9.17) is 23.2 Å². The lowest BCUT2D eigenvalue weighted by atomic mass is 10.0. The van der Waals surface area contributed by atoms with Gasteiger partial charge in [0.1, 0.15) is 12.1 Å². The van der Waals surface area contributed by atoms with Gasteiger partial charge < -0.3 is 0 Å². The zero-order valence-electron chi connectivity index (χ0n) is 8.58. The van der Waals surface area contributed by atoms with E-state index in [0.717, 1.165) is 0 Å². The van der Waals surface area contributed by atoms with Gasteiger partial charge in [-0.3, -0.25) is 4.79 Å². The van der Waals surface area contributed by atoms with Crippen LogP contribution in [0.5, 0.6) is 0 Å². The first-order valence-corrected chi connectivity index (χ1v) is 5.57. The Morgan fingerprint density at radius 2 is 1.71 bits per heavy atom. The van der Waals surface area contributed by atoms with Gasteiger partial charge in [0, 0.05) is 16.1 Å². The van der Waals surface area contributed by atoms with Crippen molar-refractivity contribution in [1.82, 2.24) is 0 Å². The smallest absolute Gasteiger partial charge is 0.150 e. The summed E-state index contributed by atoms with van der Waals surface area (Å²) in [6, 6.07) is 9.21. The molecule has 0 heterocycles. The lowest BCUT2D eigenvalue weighted by molar-refractivity contribution is 0.112. The molecule has 0 bridgehead atoms. The highest BCUT2D eigenvalue weighted by molar-refractivity contribution is 6.33. The molecule has 0 spiro atoms. The van der Waals surface area contributed by atoms with Crippen molar-refractivity contribution in [2.75, 3.05) is 0 Å². The molecule has 0 saturated heterocycles. The van der Waals surface area contributed by atoms with Gasteiger partial charge in [0.25, 0.3) is 0 Å². The van der Waals surface area contributed by atoms with Crippen LogP contribution in [0.15, 0.2) is 36.4 Å². The minimum absolute atomic E-state index is 0.0522. The van der Waals surface area contributed by atoms with Crippen molar-refractivity contribution in [2.24, 2.45) is 0 Å². The molecule has 86 valence electrons. The predicted octanol–water partition coefficient (Wildman–Crippen LogP) is 4.61. The van der Waals surface area contributed by atoms with Gasteiger partial charge in [0.05, 0.1) is 5.02 Å². The Labute approximate surface area is 108 Å². The number of carbonyl (C=O) groups is 1. The van der Waals surface area contributed by atoms with Crippen LogP contribution < -0.4 is 0 Å². The summed E-state index contributed by atoms with van der Waals surface area (Å²) in [6.45, 7) is 0. The van der Waals surface area contributed by atoms with Gasteiger partial charge in [-0.25, -0.2) is 4.39 Å². The van der Waals surface area contributed by atoms with Crippen LogP contribution in [0.1, 0.15) is 10.4 Å². The molecule has 0 aliphatic rings. The normalized spacial score (nSPS) is 10.3. The summed E-state index contributed by atoms with van der Waals surface area (Å²) >= 11 is 11.6. The Hall–Kier alpha value is -1.38. The molecule has 4 heteroatoms. The van der Waals surface area contributed by atoms with E-state index in [0.29, 0.717) is 28.0 Å². The molecule has 0 unspecified atom stereocenters. The summed E-state index contributed by atoms with van der Waals surface area (Å²) in [5.41, 5.74) is 1.67. The molecule has 17 heavy (non-hydrogen) atoms. The molecule has 0 aliphatic carbocycles. The molecular formula is C13H7Cl2FO. The van der Waals surface area contributed by atoms with Gasteiger partial charge in [-0.2, -0.15) is 0 Å². The first-order chi connectivity index (χ1) is 8.11. The van der Waals surface area contributed by atoms with Gasteiger partial charge in [0.2, 0.25) is 0 Å². The van der Waals surface area contributed by atoms with E-state index in [2.05, 4.69) is 0 Å². The molecule has 0 amide bonds. The fourth-order valence-corrected chi connectivity index (χ4v) is 1.85. The molecule has 0 atom stereocenters. The quantitative estimate of drug-likeness (QED) is 0.727. The summed E-state index contributed by atoms with van der Waals surface area (Å²) in [4.78, 5) is 10.7. The molecule has 2 aromatic carbocycles. The molecule has 0 aliphatic heterocycles. The Morgan fingerprint density at radius 1 is 1.00 bits per heavy atom. The highest BCUT2D eigenvalue weighted by Crippen LogP contribution is 2.30. The molecule has 0 saturated carbocycles. The van der Waals surface area contributed by atoms with Gasteiger partial charge in [-0.1, -0.05) is 35.3 Å². The maximum Gasteiger partial charge on any atom is 0.150 e.